The zero-order chi connectivity index (χ0) is 51.0. The Morgan fingerprint density at radius 3 is 1.26 bits per heavy atom. The summed E-state index contributed by atoms with van der Waals surface area (Å²) in [5.41, 5.74) is -0.295. The van der Waals surface area contributed by atoms with E-state index in [2.05, 4.69) is 48.1 Å². The molecule has 2 saturated heterocycles. The topological polar surface area (TPSA) is 199 Å². The molecule has 0 radical (unpaired) electrons. The Hall–Kier alpha value is -3.22. The minimum atomic E-state index is -1.00. The molecule has 2 heterocycles. The number of carboxylic acid groups (broad SMARTS) is 1. The average molecular weight is 955 g/mol. The van der Waals surface area contributed by atoms with Gasteiger partial charge in [0, 0.05) is 37.3 Å². The molecule has 0 spiro atoms. The van der Waals surface area contributed by atoms with E-state index in [1.165, 1.54) is 6.92 Å². The van der Waals surface area contributed by atoms with Crippen molar-refractivity contribution in [1.82, 2.24) is 30.2 Å². The number of rotatable bonds is 19. The van der Waals surface area contributed by atoms with E-state index in [-0.39, 0.29) is 95.5 Å². The molecule has 2 fully saturated rings. The molecule has 15 nitrogen and oxygen atoms in total. The molecule has 0 saturated carbocycles. The molecule has 2 aliphatic rings. The van der Waals surface area contributed by atoms with Crippen molar-refractivity contribution in [2.75, 3.05) is 33.8 Å². The van der Waals surface area contributed by atoms with E-state index < -0.39 is 28.9 Å². The first-order valence-electron chi connectivity index (χ1n) is 24.9. The molecular weight excluding hydrogens is 860 g/mol. The Morgan fingerprint density at radius 1 is 0.647 bits per heavy atom. The molecule has 2 aliphatic heterocycles. The number of aliphatic carboxylic acids is 1. The van der Waals surface area contributed by atoms with E-state index in [1.807, 2.05) is 69.2 Å². The second-order valence-corrected chi connectivity index (χ2v) is 21.7. The first-order valence-corrected chi connectivity index (χ1v) is 24.9. The number of carbonyl (C=O) groups is 6. The number of hydrogen-bond acceptors (Lipinski definition) is 10. The molecule has 2 unspecified atom stereocenters. The predicted molar refractivity (Wildman–Crippen MR) is 267 cm³/mol. The maximum absolute atomic E-state index is 13.8. The van der Waals surface area contributed by atoms with Crippen molar-refractivity contribution >= 4 is 35.6 Å². The molecule has 8 atom stereocenters. The third-order valence-electron chi connectivity index (χ3n) is 13.5. The SMILES string of the molecule is CCC(C)N1CCCC[C@@H]1C(=O)N[C@H](C(=O)N(C)[C@H](/C=C(\C)C(=O)O)C(C)C)C(C)(C)C.CCOC(=O)/C(C)=C/[C@H](C(C)C)N(C)C(=O)[C@@H](NC(=O)[C@H]1CCCCN1C(C)CC)C(C)(C)C.[Li+].[OH-]. The van der Waals surface area contributed by atoms with E-state index in [0.29, 0.717) is 24.3 Å². The average Bonchev–Trinajstić information content (AvgIpc) is 3.25. The van der Waals surface area contributed by atoms with Crippen LogP contribution in [0.15, 0.2) is 23.3 Å². The summed E-state index contributed by atoms with van der Waals surface area (Å²) in [7, 11) is 3.44. The molecule has 388 valence electrons. The summed E-state index contributed by atoms with van der Waals surface area (Å²) < 4.78 is 5.11. The number of carboxylic acids is 1. The number of nitrogens with zero attached hydrogens (tertiary/aromatic N) is 4. The molecule has 0 aromatic carbocycles. The van der Waals surface area contributed by atoms with Gasteiger partial charge in [-0.2, -0.15) is 0 Å². The van der Waals surface area contributed by atoms with Gasteiger partial charge in [0.25, 0.3) is 0 Å². The number of hydrogen-bond donors (Lipinski definition) is 3. The number of nitrogens with one attached hydrogen (secondary N) is 2. The number of piperidine rings is 2. The van der Waals surface area contributed by atoms with E-state index in [4.69, 9.17) is 4.74 Å². The zero-order valence-electron chi connectivity index (χ0n) is 46.2. The Balaban J connectivity index is 0. The summed E-state index contributed by atoms with van der Waals surface area (Å²) in [6, 6.07) is -1.87. The van der Waals surface area contributed by atoms with Crippen molar-refractivity contribution < 1.29 is 62.9 Å². The third-order valence-corrected chi connectivity index (χ3v) is 13.5. The van der Waals surface area contributed by atoms with Crippen LogP contribution in [0.4, 0.5) is 0 Å². The summed E-state index contributed by atoms with van der Waals surface area (Å²) >= 11 is 0. The van der Waals surface area contributed by atoms with Crippen molar-refractivity contribution in [3.05, 3.63) is 23.3 Å². The van der Waals surface area contributed by atoms with Crippen LogP contribution >= 0.6 is 0 Å². The van der Waals surface area contributed by atoms with Gasteiger partial charge >= 0.3 is 30.8 Å². The maximum atomic E-state index is 13.8. The molecule has 0 aliphatic carbocycles. The molecule has 0 bridgehead atoms. The number of ether oxygens (including phenoxy) is 1. The van der Waals surface area contributed by atoms with Crippen LogP contribution in [0.5, 0.6) is 0 Å². The van der Waals surface area contributed by atoms with E-state index in [1.54, 1.807) is 49.9 Å². The van der Waals surface area contributed by atoms with Gasteiger partial charge in [0.1, 0.15) is 12.1 Å². The van der Waals surface area contributed by atoms with Crippen LogP contribution < -0.4 is 29.5 Å². The van der Waals surface area contributed by atoms with Gasteiger partial charge in [0.2, 0.25) is 23.6 Å². The van der Waals surface area contributed by atoms with Crippen molar-refractivity contribution in [1.29, 1.82) is 0 Å². The second kappa shape index (κ2) is 30.5. The Labute approximate surface area is 424 Å². The van der Waals surface area contributed by atoms with Crippen LogP contribution in [0.2, 0.25) is 0 Å². The monoisotopic (exact) mass is 955 g/mol. The van der Waals surface area contributed by atoms with E-state index in [9.17, 15) is 33.9 Å². The van der Waals surface area contributed by atoms with Crippen molar-refractivity contribution in [3.63, 3.8) is 0 Å². The van der Waals surface area contributed by atoms with Gasteiger partial charge in [-0.1, -0.05) is 108 Å². The molecule has 68 heavy (non-hydrogen) atoms. The van der Waals surface area contributed by atoms with Gasteiger partial charge in [0.05, 0.1) is 30.8 Å². The van der Waals surface area contributed by atoms with Gasteiger partial charge in [-0.15, -0.1) is 0 Å². The van der Waals surface area contributed by atoms with Crippen LogP contribution in [0.1, 0.15) is 169 Å². The zero-order valence-corrected chi connectivity index (χ0v) is 46.2. The predicted octanol–water partition coefficient (Wildman–Crippen LogP) is 4.67. The molecule has 4 N–H and O–H groups in total. The van der Waals surface area contributed by atoms with Gasteiger partial charge in [0.15, 0.2) is 0 Å². The summed E-state index contributed by atoms with van der Waals surface area (Å²) in [4.78, 5) is 85.5. The van der Waals surface area contributed by atoms with Crippen molar-refractivity contribution in [2.24, 2.45) is 22.7 Å². The van der Waals surface area contributed by atoms with E-state index in [0.717, 1.165) is 64.5 Å². The van der Waals surface area contributed by atoms with Gasteiger partial charge in [-0.05, 0) is 109 Å². The Kier molecular flexibility index (Phi) is 30.0. The number of amides is 4. The van der Waals surface area contributed by atoms with Crippen LogP contribution in [0, 0.1) is 22.7 Å². The Bertz CT molecular complexity index is 1670. The molecule has 4 amide bonds. The fraction of sp³-hybridized carbons (Fsp3) is 0.808. The normalized spacial score (nSPS) is 20.1. The molecule has 2 rings (SSSR count). The number of carbonyl (C=O) groups excluding carboxylic acids is 5. The summed E-state index contributed by atoms with van der Waals surface area (Å²) in [6.07, 6.45) is 11.2. The van der Waals surface area contributed by atoms with Crippen LogP contribution in [0.3, 0.4) is 0 Å². The molecule has 0 aromatic rings. The largest absolute Gasteiger partial charge is 1.00 e. The quantitative estimate of drug-likeness (QED) is 0.0924. The molecule has 16 heteroatoms. The summed E-state index contributed by atoms with van der Waals surface area (Å²) in [5, 5.41) is 15.5. The van der Waals surface area contributed by atoms with Gasteiger partial charge in [-0.25, -0.2) is 9.59 Å². The fourth-order valence-corrected chi connectivity index (χ4v) is 8.87. The third kappa shape index (κ3) is 19.9. The maximum Gasteiger partial charge on any atom is 1.00 e. The first kappa shape index (κ1) is 66.9. The number of esters is 1. The Morgan fingerprint density at radius 2 is 0.985 bits per heavy atom. The standard InChI is InChI=1S/C27H49N3O4.C25H45N3O4.Li.H2O/c1-11-20(6)30-16-14-13-15-21(30)24(31)28-23(27(7,8)9)25(32)29(10)22(18(3)4)17-19(5)26(33)34-12-2;1-10-18(5)28-14-12-11-13-19(28)22(29)26-21(25(6,7)8)23(30)27(9)20(16(2)3)15-17(4)24(31)32;;/h17-18,20-23H,11-16H2,1-10H3,(H,28,31);15-16,18-21H,10-14H2,1-9H3,(H,26,29)(H,31,32);;1H2/q;;+1;/p-1/b19-17+;17-15+;;/t20?,21-,22-,23-;18?,19-,20-,21-;;/m11../s1. The van der Waals surface area contributed by atoms with Gasteiger partial charge < -0.3 is 35.8 Å². The smallest absolute Gasteiger partial charge is 0.870 e. The molecular formula is C52H95LiN6O9. The number of likely N-dealkylation sites (N-methyl/N-ethyl adjacent to an activating group) is 2. The van der Waals surface area contributed by atoms with Crippen LogP contribution in [-0.4, -0.2) is 148 Å². The minimum Gasteiger partial charge on any atom is -0.870 e. The van der Waals surface area contributed by atoms with E-state index >= 15 is 0 Å². The first-order chi connectivity index (χ1) is 30.5. The molecule has 0 aromatic heterocycles. The number of likely N-dealkylation sites (tertiary alicyclic amines) is 2. The van der Waals surface area contributed by atoms with Crippen molar-refractivity contribution in [2.45, 2.75) is 217 Å². The second-order valence-electron chi connectivity index (χ2n) is 21.7. The minimum absolute atomic E-state index is 0. The summed E-state index contributed by atoms with van der Waals surface area (Å²) in [5.74, 6) is -1.80. The summed E-state index contributed by atoms with van der Waals surface area (Å²) in [6.45, 7) is 35.4. The van der Waals surface area contributed by atoms with Crippen LogP contribution in [-0.2, 0) is 33.5 Å². The van der Waals surface area contributed by atoms with Crippen LogP contribution in [0.25, 0.3) is 0 Å². The fourth-order valence-electron chi connectivity index (χ4n) is 8.87. The van der Waals surface area contributed by atoms with Gasteiger partial charge in [-0.3, -0.25) is 29.0 Å². The van der Waals surface area contributed by atoms with Crippen molar-refractivity contribution in [3.8, 4) is 0 Å².